The van der Waals surface area contributed by atoms with Crippen LogP contribution < -0.4 is 15.6 Å². The van der Waals surface area contributed by atoms with Crippen LogP contribution in [-0.2, 0) is 18.4 Å². The SMILES string of the molecule is COc1ccc(CNC(=O)CSc2nc3sc(C)c(C)c3c(=O)n2C)cc1. The van der Waals surface area contributed by atoms with Crippen molar-refractivity contribution in [2.45, 2.75) is 25.5 Å². The number of rotatable bonds is 6. The molecule has 0 saturated heterocycles. The Bertz CT molecular complexity index is 1040. The number of methoxy groups -OCH3 is 1. The maximum absolute atomic E-state index is 12.6. The van der Waals surface area contributed by atoms with E-state index < -0.39 is 0 Å². The minimum Gasteiger partial charge on any atom is -0.497 e. The summed E-state index contributed by atoms with van der Waals surface area (Å²) in [5, 5.41) is 4.10. The summed E-state index contributed by atoms with van der Waals surface area (Å²) < 4.78 is 6.63. The summed E-state index contributed by atoms with van der Waals surface area (Å²) in [5.41, 5.74) is 1.91. The van der Waals surface area contributed by atoms with Gasteiger partial charge in [-0.2, -0.15) is 0 Å². The minimum atomic E-state index is -0.108. The summed E-state index contributed by atoms with van der Waals surface area (Å²) in [6, 6.07) is 7.53. The van der Waals surface area contributed by atoms with E-state index in [1.807, 2.05) is 38.1 Å². The Morgan fingerprint density at radius 2 is 2.00 bits per heavy atom. The highest BCUT2D eigenvalue weighted by Gasteiger charge is 2.15. The largest absolute Gasteiger partial charge is 0.497 e. The molecule has 0 bridgehead atoms. The first kappa shape index (κ1) is 19.4. The number of hydrogen-bond acceptors (Lipinski definition) is 6. The average molecular weight is 404 g/mol. The Kier molecular flexibility index (Phi) is 5.86. The highest BCUT2D eigenvalue weighted by Crippen LogP contribution is 2.27. The quantitative estimate of drug-likeness (QED) is 0.506. The molecule has 2 aromatic heterocycles. The highest BCUT2D eigenvalue weighted by molar-refractivity contribution is 7.99. The molecule has 6 nitrogen and oxygen atoms in total. The molecule has 0 atom stereocenters. The maximum Gasteiger partial charge on any atom is 0.262 e. The van der Waals surface area contributed by atoms with Gasteiger partial charge in [0.2, 0.25) is 5.91 Å². The topological polar surface area (TPSA) is 73.2 Å². The van der Waals surface area contributed by atoms with Crippen LogP contribution in [0.5, 0.6) is 5.75 Å². The van der Waals surface area contributed by atoms with Crippen molar-refractivity contribution in [1.82, 2.24) is 14.9 Å². The highest BCUT2D eigenvalue weighted by atomic mass is 32.2. The van der Waals surface area contributed by atoms with Gasteiger partial charge in [0, 0.05) is 18.5 Å². The van der Waals surface area contributed by atoms with E-state index in [0.29, 0.717) is 17.1 Å². The molecule has 0 unspecified atom stereocenters. The van der Waals surface area contributed by atoms with E-state index in [9.17, 15) is 9.59 Å². The van der Waals surface area contributed by atoms with Gasteiger partial charge in [-0.15, -0.1) is 11.3 Å². The van der Waals surface area contributed by atoms with E-state index >= 15 is 0 Å². The van der Waals surface area contributed by atoms with Crippen LogP contribution in [0.15, 0.2) is 34.2 Å². The van der Waals surface area contributed by atoms with Crippen LogP contribution in [0.3, 0.4) is 0 Å². The zero-order valence-electron chi connectivity index (χ0n) is 15.7. The van der Waals surface area contributed by atoms with Crippen LogP contribution >= 0.6 is 23.1 Å². The number of aromatic nitrogens is 2. The van der Waals surface area contributed by atoms with E-state index in [-0.39, 0.29) is 17.2 Å². The molecule has 1 aromatic carbocycles. The Balaban J connectivity index is 1.64. The van der Waals surface area contributed by atoms with Gasteiger partial charge in [0.25, 0.3) is 5.56 Å². The Morgan fingerprint density at radius 3 is 2.67 bits per heavy atom. The first-order chi connectivity index (χ1) is 12.9. The van der Waals surface area contributed by atoms with Gasteiger partial charge in [-0.1, -0.05) is 23.9 Å². The number of ether oxygens (including phenoxy) is 1. The van der Waals surface area contributed by atoms with Gasteiger partial charge in [0.1, 0.15) is 10.6 Å². The molecular formula is C19H21N3O3S2. The normalized spacial score (nSPS) is 11.0. The van der Waals surface area contributed by atoms with Crippen molar-refractivity contribution in [3.05, 3.63) is 50.6 Å². The number of nitrogens with one attached hydrogen (secondary N) is 1. The van der Waals surface area contributed by atoms with Crippen molar-refractivity contribution in [3.63, 3.8) is 0 Å². The van der Waals surface area contributed by atoms with Crippen LogP contribution in [0.1, 0.15) is 16.0 Å². The second kappa shape index (κ2) is 8.14. The molecule has 27 heavy (non-hydrogen) atoms. The maximum atomic E-state index is 12.6. The van der Waals surface area contributed by atoms with Gasteiger partial charge in [0.05, 0.1) is 18.2 Å². The van der Waals surface area contributed by atoms with Crippen LogP contribution in [0.2, 0.25) is 0 Å². The molecule has 3 rings (SSSR count). The zero-order chi connectivity index (χ0) is 19.6. The monoisotopic (exact) mass is 403 g/mol. The summed E-state index contributed by atoms with van der Waals surface area (Å²) >= 11 is 2.78. The number of thioether (sulfide) groups is 1. The third-order valence-corrected chi connectivity index (χ3v) is 6.48. The number of hydrogen-bond donors (Lipinski definition) is 1. The van der Waals surface area contributed by atoms with Crippen molar-refractivity contribution >= 4 is 39.2 Å². The first-order valence-corrected chi connectivity index (χ1v) is 10.2. The molecule has 1 N–H and O–H groups in total. The van der Waals surface area contributed by atoms with Crippen molar-refractivity contribution in [1.29, 1.82) is 0 Å². The molecule has 2 heterocycles. The van der Waals surface area contributed by atoms with E-state index in [0.717, 1.165) is 26.6 Å². The summed E-state index contributed by atoms with van der Waals surface area (Å²) in [6.45, 7) is 4.37. The standard InChI is InChI=1S/C19H21N3O3S2/c1-11-12(2)27-17-16(11)18(24)22(3)19(21-17)26-10-15(23)20-9-13-5-7-14(25-4)8-6-13/h5-8H,9-10H2,1-4H3,(H,20,23). The summed E-state index contributed by atoms with van der Waals surface area (Å²) in [4.78, 5) is 31.2. The number of carbonyl (C=O) groups excluding carboxylic acids is 1. The molecule has 0 fully saturated rings. The summed E-state index contributed by atoms with van der Waals surface area (Å²) in [6.07, 6.45) is 0. The molecule has 8 heteroatoms. The summed E-state index contributed by atoms with van der Waals surface area (Å²) in [7, 11) is 3.31. The fraction of sp³-hybridized carbons (Fsp3) is 0.316. The number of nitrogens with zero attached hydrogens (tertiary/aromatic N) is 2. The van der Waals surface area contributed by atoms with Gasteiger partial charge < -0.3 is 10.1 Å². The van der Waals surface area contributed by atoms with E-state index in [1.54, 1.807) is 14.2 Å². The molecule has 3 aromatic rings. The molecule has 0 radical (unpaired) electrons. The lowest BCUT2D eigenvalue weighted by atomic mass is 10.2. The molecule has 0 spiro atoms. The van der Waals surface area contributed by atoms with Crippen LogP contribution in [0.4, 0.5) is 0 Å². The van der Waals surface area contributed by atoms with Gasteiger partial charge >= 0.3 is 0 Å². The third kappa shape index (κ3) is 4.17. The number of amides is 1. The molecule has 0 aliphatic heterocycles. The fourth-order valence-corrected chi connectivity index (χ4v) is 4.48. The van der Waals surface area contributed by atoms with Crippen LogP contribution in [0, 0.1) is 13.8 Å². The van der Waals surface area contributed by atoms with Crippen LogP contribution in [0.25, 0.3) is 10.2 Å². The third-order valence-electron chi connectivity index (χ3n) is 4.35. The second-order valence-corrected chi connectivity index (χ2v) is 8.28. The lowest BCUT2D eigenvalue weighted by molar-refractivity contribution is -0.118. The van der Waals surface area contributed by atoms with Crippen LogP contribution in [-0.4, -0.2) is 28.3 Å². The fourth-order valence-electron chi connectivity index (χ4n) is 2.61. The average Bonchev–Trinajstić information content (AvgIpc) is 2.96. The lowest BCUT2D eigenvalue weighted by Crippen LogP contribution is -2.25. The number of carbonyl (C=O) groups is 1. The van der Waals surface area contributed by atoms with Gasteiger partial charge in [-0.3, -0.25) is 14.2 Å². The Labute approximate surface area is 165 Å². The molecular weight excluding hydrogens is 382 g/mol. The number of aryl methyl sites for hydroxylation is 2. The molecule has 0 aliphatic carbocycles. The smallest absolute Gasteiger partial charge is 0.262 e. The van der Waals surface area contributed by atoms with Gasteiger partial charge in [0.15, 0.2) is 5.16 Å². The number of benzene rings is 1. The predicted molar refractivity (Wildman–Crippen MR) is 110 cm³/mol. The van der Waals surface area contributed by atoms with Gasteiger partial charge in [-0.05, 0) is 37.1 Å². The van der Waals surface area contributed by atoms with E-state index in [4.69, 9.17) is 4.74 Å². The molecule has 0 aliphatic rings. The Hall–Kier alpha value is -2.32. The molecule has 0 saturated carbocycles. The predicted octanol–water partition coefficient (Wildman–Crippen LogP) is 3.03. The first-order valence-electron chi connectivity index (χ1n) is 8.40. The van der Waals surface area contributed by atoms with Crippen molar-refractivity contribution in [3.8, 4) is 5.75 Å². The van der Waals surface area contributed by atoms with Crippen molar-refractivity contribution in [2.24, 2.45) is 7.05 Å². The minimum absolute atomic E-state index is 0.0667. The molecule has 1 amide bonds. The number of fused-ring (bicyclic) bond motifs is 1. The van der Waals surface area contributed by atoms with E-state index in [1.165, 1.54) is 27.7 Å². The second-order valence-electron chi connectivity index (χ2n) is 6.14. The lowest BCUT2D eigenvalue weighted by Gasteiger charge is -2.08. The zero-order valence-corrected chi connectivity index (χ0v) is 17.3. The number of thiophene rings is 1. The Morgan fingerprint density at radius 1 is 1.30 bits per heavy atom. The van der Waals surface area contributed by atoms with Crippen molar-refractivity contribution in [2.75, 3.05) is 12.9 Å². The molecule has 142 valence electrons. The van der Waals surface area contributed by atoms with Gasteiger partial charge in [-0.25, -0.2) is 4.98 Å². The van der Waals surface area contributed by atoms with Crippen molar-refractivity contribution < 1.29 is 9.53 Å². The van der Waals surface area contributed by atoms with E-state index in [2.05, 4.69) is 10.3 Å². The summed E-state index contributed by atoms with van der Waals surface area (Å²) in [5.74, 6) is 0.872.